The monoisotopic (exact) mass is 447 g/mol. The van der Waals surface area contributed by atoms with Crippen LogP contribution >= 0.6 is 0 Å². The van der Waals surface area contributed by atoms with E-state index in [1.54, 1.807) is 24.3 Å². The molecule has 0 aliphatic carbocycles. The molecule has 0 amide bonds. The minimum atomic E-state index is -4.74. The molecule has 1 aromatic heterocycles. The molecule has 1 unspecified atom stereocenters. The van der Waals surface area contributed by atoms with Gasteiger partial charge in [0.2, 0.25) is 0 Å². The van der Waals surface area contributed by atoms with Crippen molar-refractivity contribution in [2.45, 2.75) is 6.36 Å². The summed E-state index contributed by atoms with van der Waals surface area (Å²) in [6, 6.07) is 18.0. The van der Waals surface area contributed by atoms with Crippen molar-refractivity contribution in [3.05, 3.63) is 66.7 Å². The Morgan fingerprint density at radius 3 is 2.19 bits per heavy atom. The highest BCUT2D eigenvalue weighted by Crippen LogP contribution is 2.29. The number of nitrogens with one attached hydrogen (secondary N) is 2. The van der Waals surface area contributed by atoms with Crippen LogP contribution in [0.5, 0.6) is 5.75 Å². The number of benzene rings is 3. The number of sulfonamides is 1. The molecular formula is C21H16F3N3O3S. The molecule has 0 aliphatic rings. The molecule has 3 aromatic carbocycles. The first-order valence-corrected chi connectivity index (χ1v) is 10.9. The number of H-pyrrole nitrogens is 1. The molecule has 0 spiro atoms. The highest BCUT2D eigenvalue weighted by molar-refractivity contribution is 7.98. The molecule has 4 aromatic rings. The van der Waals surface area contributed by atoms with Crippen LogP contribution in [0.4, 0.5) is 18.9 Å². The first-order valence-electron chi connectivity index (χ1n) is 9.00. The summed E-state index contributed by atoms with van der Waals surface area (Å²) in [5, 5.41) is 0. The van der Waals surface area contributed by atoms with Gasteiger partial charge in [-0.3, -0.25) is 0 Å². The van der Waals surface area contributed by atoms with E-state index < -0.39 is 16.8 Å². The summed E-state index contributed by atoms with van der Waals surface area (Å²) in [6.07, 6.45) is -3.65. The van der Waals surface area contributed by atoms with E-state index in [1.165, 1.54) is 24.3 Å². The summed E-state index contributed by atoms with van der Waals surface area (Å²) >= 11 is 0. The molecule has 6 nitrogen and oxygen atoms in total. The number of alkyl halides is 3. The molecule has 1 atom stereocenters. The lowest BCUT2D eigenvalue weighted by Crippen LogP contribution is -2.17. The lowest BCUT2D eigenvalue weighted by molar-refractivity contribution is -0.274. The topological polar surface area (TPSA) is 90.1 Å². The number of hydrogen-bond acceptors (Lipinski definition) is 4. The number of ether oxygens (including phenoxy) is 1. The second kappa shape index (κ2) is 7.71. The third kappa shape index (κ3) is 5.22. The van der Waals surface area contributed by atoms with E-state index in [9.17, 15) is 21.9 Å². The van der Waals surface area contributed by atoms with Gasteiger partial charge in [-0.15, -0.1) is 13.2 Å². The average molecular weight is 447 g/mol. The maximum Gasteiger partial charge on any atom is 0.573 e. The molecular weight excluding hydrogens is 431 g/mol. The smallest absolute Gasteiger partial charge is 0.573 e. The summed E-state index contributed by atoms with van der Waals surface area (Å²) in [4.78, 5) is 7.65. The molecule has 0 aliphatic heterocycles. The van der Waals surface area contributed by atoms with E-state index in [1.807, 2.05) is 18.2 Å². The fraction of sp³-hybridized carbons (Fsp3) is 0.0952. The van der Waals surface area contributed by atoms with Gasteiger partial charge in [0, 0.05) is 5.56 Å². The van der Waals surface area contributed by atoms with E-state index in [4.69, 9.17) is 0 Å². The maximum absolute atomic E-state index is 12.3. The van der Waals surface area contributed by atoms with Gasteiger partial charge in [0.05, 0.1) is 16.7 Å². The molecule has 0 radical (unpaired) electrons. The van der Waals surface area contributed by atoms with Crippen LogP contribution in [0, 0.1) is 0 Å². The third-order valence-corrected chi connectivity index (χ3v) is 4.97. The Balaban J connectivity index is 1.58. The normalized spacial score (nSPS) is 13.7. The van der Waals surface area contributed by atoms with Crippen molar-refractivity contribution in [1.29, 1.82) is 0 Å². The first kappa shape index (κ1) is 20.9. The molecule has 0 fully saturated rings. The van der Waals surface area contributed by atoms with Crippen molar-refractivity contribution >= 4 is 27.1 Å². The molecule has 10 heteroatoms. The van der Waals surface area contributed by atoms with Gasteiger partial charge in [-0.2, -0.15) is 0 Å². The Morgan fingerprint density at radius 2 is 1.58 bits per heavy atom. The highest BCUT2D eigenvalue weighted by Gasteiger charge is 2.31. The second-order valence-corrected chi connectivity index (χ2v) is 8.59. The zero-order valence-corrected chi connectivity index (χ0v) is 16.9. The molecule has 0 saturated carbocycles. The number of aromatic amines is 1. The van der Waals surface area contributed by atoms with Gasteiger partial charge in [0.15, 0.2) is 0 Å². The van der Waals surface area contributed by atoms with Gasteiger partial charge >= 0.3 is 6.36 Å². The first-order chi connectivity index (χ1) is 14.6. The van der Waals surface area contributed by atoms with E-state index in [0.717, 1.165) is 22.9 Å². The van der Waals surface area contributed by atoms with Crippen molar-refractivity contribution in [3.8, 4) is 28.3 Å². The van der Waals surface area contributed by atoms with E-state index in [-0.39, 0.29) is 5.75 Å². The van der Waals surface area contributed by atoms with E-state index >= 15 is 0 Å². The number of anilines is 1. The highest BCUT2D eigenvalue weighted by atomic mass is 32.3. The number of halogens is 3. The molecule has 31 heavy (non-hydrogen) atoms. The summed E-state index contributed by atoms with van der Waals surface area (Å²) < 4.78 is 65.9. The largest absolute Gasteiger partial charge is 0.593 e. The standard InChI is InChI=1S/C21H16F3N3O3S/c1-31(28,29)27-16-7-2-13(3-8-16)15-6-11-18-19(12-15)26-20(25-18)14-4-9-17(10-5-14)30-21(22,23)24/h2-12H,1H3,(H2-,25,26,27,28,29). The molecule has 160 valence electrons. The van der Waals surface area contributed by atoms with Crippen LogP contribution in [0.1, 0.15) is 0 Å². The molecule has 4 rings (SSSR count). The van der Waals surface area contributed by atoms with Crippen LogP contribution in [0.25, 0.3) is 33.5 Å². The zero-order chi connectivity index (χ0) is 22.2. The van der Waals surface area contributed by atoms with Gasteiger partial charge in [0.1, 0.15) is 28.2 Å². The maximum atomic E-state index is 12.3. The van der Waals surface area contributed by atoms with Crippen molar-refractivity contribution in [2.75, 3.05) is 11.0 Å². The quantitative estimate of drug-likeness (QED) is 0.402. The summed E-state index contributed by atoms with van der Waals surface area (Å²) in [5.74, 6) is 0.210. The zero-order valence-electron chi connectivity index (χ0n) is 16.1. The van der Waals surface area contributed by atoms with Gasteiger partial charge in [-0.25, -0.2) is 9.71 Å². The number of fused-ring (bicyclic) bond motifs is 1. The molecule has 0 bridgehead atoms. The SMILES string of the molecule is C[S+](=O)([O-])Nc1ccc(-c2ccc3nc(-c4ccc(OC(F)(F)F)cc4)[nH]c3c2)cc1. The lowest BCUT2D eigenvalue weighted by Gasteiger charge is -2.11. The summed E-state index contributed by atoms with van der Waals surface area (Å²) in [6.45, 7) is 0. The van der Waals surface area contributed by atoms with Crippen molar-refractivity contribution in [2.24, 2.45) is 0 Å². The van der Waals surface area contributed by atoms with Crippen molar-refractivity contribution in [1.82, 2.24) is 9.97 Å². The fourth-order valence-electron chi connectivity index (χ4n) is 3.09. The summed E-state index contributed by atoms with van der Waals surface area (Å²) in [5.41, 5.74) is 4.30. The second-order valence-electron chi connectivity index (χ2n) is 6.84. The van der Waals surface area contributed by atoms with Crippen molar-refractivity contribution < 1.29 is 26.7 Å². The Morgan fingerprint density at radius 1 is 0.968 bits per heavy atom. The van der Waals surface area contributed by atoms with Crippen LogP contribution in [-0.4, -0.2) is 27.1 Å². The number of rotatable bonds is 5. The van der Waals surface area contributed by atoms with E-state index in [0.29, 0.717) is 22.6 Å². The Labute approximate surface area is 176 Å². The van der Waals surface area contributed by atoms with Crippen LogP contribution in [-0.2, 0) is 14.6 Å². The predicted molar refractivity (Wildman–Crippen MR) is 112 cm³/mol. The number of hydrogen-bond donors (Lipinski definition) is 2. The minimum absolute atomic E-state index is 0.302. The Kier molecular flexibility index (Phi) is 5.19. The lowest BCUT2D eigenvalue weighted by atomic mass is 10.0. The van der Waals surface area contributed by atoms with Gasteiger partial charge in [-0.1, -0.05) is 22.4 Å². The Hall–Kier alpha value is -3.37. The van der Waals surface area contributed by atoms with Crippen molar-refractivity contribution in [3.63, 3.8) is 0 Å². The van der Waals surface area contributed by atoms with Crippen LogP contribution in [0.15, 0.2) is 66.7 Å². The number of aromatic nitrogens is 2. The third-order valence-electron chi connectivity index (χ3n) is 4.36. The fourth-order valence-corrected chi connectivity index (χ4v) is 3.65. The molecule has 0 saturated heterocycles. The number of nitrogens with zero attached hydrogens (tertiary/aromatic N) is 1. The minimum Gasteiger partial charge on any atom is -0.593 e. The van der Waals surface area contributed by atoms with Crippen LogP contribution < -0.4 is 9.46 Å². The Bertz CT molecular complexity index is 1260. The van der Waals surface area contributed by atoms with Crippen LogP contribution in [0.2, 0.25) is 0 Å². The van der Waals surface area contributed by atoms with Crippen LogP contribution in [0.3, 0.4) is 0 Å². The molecule has 2 N–H and O–H groups in total. The number of imidazole rings is 1. The average Bonchev–Trinajstić information content (AvgIpc) is 3.10. The predicted octanol–water partition coefficient (Wildman–Crippen LogP) is 5.38. The van der Waals surface area contributed by atoms with Gasteiger partial charge < -0.3 is 14.3 Å². The molecule has 1 heterocycles. The summed E-state index contributed by atoms with van der Waals surface area (Å²) in [7, 11) is -3.35. The van der Waals surface area contributed by atoms with Gasteiger partial charge in [-0.05, 0) is 59.7 Å². The van der Waals surface area contributed by atoms with E-state index in [2.05, 4.69) is 19.4 Å². The van der Waals surface area contributed by atoms with Gasteiger partial charge in [0.25, 0.3) is 0 Å².